The van der Waals surface area contributed by atoms with Crippen molar-refractivity contribution >= 4 is 34.2 Å². The van der Waals surface area contributed by atoms with E-state index in [0.29, 0.717) is 24.7 Å². The summed E-state index contributed by atoms with van der Waals surface area (Å²) in [7, 11) is -3.30. The number of imide groups is 1. The standard InChI is InChI=1S/C33H44N4O4S.ClH/c1-42(40,41)29-14-12-26(13-15-29)21-37-31(38)33(34-32(37)39)16-18-35(19-17-33)22-28-23-36(20-25-8-4-2-5-9-25)24-30(28)27-10-6-3-7-11-27;/h3,6-7,10-15,25,28,30H,2,4-5,8-9,16-24H2,1H3,(H,34,39);1H/t28-,30+;/m0./s1. The second-order valence-electron chi connectivity index (χ2n) is 13.1. The number of rotatable bonds is 8. The first-order valence-corrected chi connectivity index (χ1v) is 17.5. The summed E-state index contributed by atoms with van der Waals surface area (Å²) in [4.78, 5) is 33.2. The Kier molecular flexibility index (Phi) is 9.86. The lowest BCUT2D eigenvalue weighted by Crippen LogP contribution is -2.55. The second-order valence-corrected chi connectivity index (χ2v) is 15.1. The van der Waals surface area contributed by atoms with E-state index in [1.807, 2.05) is 0 Å². The van der Waals surface area contributed by atoms with E-state index < -0.39 is 15.4 Å². The Balaban J connectivity index is 0.00000368. The molecule has 2 atom stereocenters. The van der Waals surface area contributed by atoms with E-state index in [2.05, 4.69) is 45.4 Å². The highest BCUT2D eigenvalue weighted by Crippen LogP contribution is 2.37. The lowest BCUT2D eigenvalue weighted by atomic mass is 9.85. The molecule has 1 N–H and O–H groups in total. The van der Waals surface area contributed by atoms with Crippen LogP contribution < -0.4 is 5.32 Å². The SMILES string of the molecule is CS(=O)(=O)c1ccc(CN2C(=O)NC3(CCN(C[C@H]4CN(CC5CCCCC5)C[C@@H]4c4ccccc4)CC3)C2=O)cc1.Cl. The number of nitrogens with one attached hydrogen (secondary N) is 1. The predicted octanol–water partition coefficient (Wildman–Crippen LogP) is 4.69. The molecule has 1 spiro atoms. The number of urea groups is 1. The molecular weight excluding hydrogens is 584 g/mol. The van der Waals surface area contributed by atoms with Gasteiger partial charge >= 0.3 is 6.03 Å². The van der Waals surface area contributed by atoms with Crippen molar-refractivity contribution in [2.75, 3.05) is 45.5 Å². The summed E-state index contributed by atoms with van der Waals surface area (Å²) < 4.78 is 23.6. The van der Waals surface area contributed by atoms with Crippen LogP contribution in [0.15, 0.2) is 59.5 Å². The number of hydrogen-bond acceptors (Lipinski definition) is 6. The maximum atomic E-state index is 13.6. The van der Waals surface area contributed by atoms with Gasteiger partial charge in [-0.15, -0.1) is 12.4 Å². The summed E-state index contributed by atoms with van der Waals surface area (Å²) >= 11 is 0. The molecular formula is C33H45ClN4O4S. The number of hydrogen-bond donors (Lipinski definition) is 1. The van der Waals surface area contributed by atoms with Gasteiger partial charge in [0.1, 0.15) is 5.54 Å². The summed E-state index contributed by atoms with van der Waals surface area (Å²) in [6.07, 6.45) is 9.26. The first-order chi connectivity index (χ1) is 20.2. The van der Waals surface area contributed by atoms with Crippen molar-refractivity contribution < 1.29 is 18.0 Å². The predicted molar refractivity (Wildman–Crippen MR) is 170 cm³/mol. The fourth-order valence-electron chi connectivity index (χ4n) is 7.74. The van der Waals surface area contributed by atoms with Crippen LogP contribution in [0.3, 0.4) is 0 Å². The number of nitrogens with zero attached hydrogens (tertiary/aromatic N) is 3. The molecule has 6 rings (SSSR count). The van der Waals surface area contributed by atoms with Crippen LogP contribution in [0.5, 0.6) is 0 Å². The van der Waals surface area contributed by atoms with Gasteiger partial charge in [-0.3, -0.25) is 9.69 Å². The molecule has 1 saturated carbocycles. The van der Waals surface area contributed by atoms with E-state index in [1.54, 1.807) is 12.1 Å². The van der Waals surface area contributed by atoms with Crippen LogP contribution in [0.4, 0.5) is 4.79 Å². The van der Waals surface area contributed by atoms with Gasteiger partial charge in [0.25, 0.3) is 5.91 Å². The largest absolute Gasteiger partial charge is 0.325 e. The Morgan fingerprint density at radius 2 is 1.53 bits per heavy atom. The minimum atomic E-state index is -3.30. The van der Waals surface area contributed by atoms with Gasteiger partial charge in [-0.25, -0.2) is 13.2 Å². The lowest BCUT2D eigenvalue weighted by Gasteiger charge is -2.39. The first-order valence-electron chi connectivity index (χ1n) is 15.6. The Labute approximate surface area is 262 Å². The highest BCUT2D eigenvalue weighted by molar-refractivity contribution is 7.90. The second kappa shape index (κ2) is 13.3. The molecule has 3 heterocycles. The van der Waals surface area contributed by atoms with Crippen LogP contribution >= 0.6 is 12.4 Å². The molecule has 8 nitrogen and oxygen atoms in total. The molecule has 43 heavy (non-hydrogen) atoms. The Bertz CT molecular complexity index is 1370. The van der Waals surface area contributed by atoms with Crippen molar-refractivity contribution in [3.05, 3.63) is 65.7 Å². The zero-order chi connectivity index (χ0) is 29.3. The number of carbonyl (C=O) groups is 2. The average Bonchev–Trinajstić information content (AvgIpc) is 3.48. The molecule has 4 aliphatic rings. The maximum Gasteiger partial charge on any atom is 0.325 e. The summed E-state index contributed by atoms with van der Waals surface area (Å²) in [5, 5.41) is 3.03. The number of halogens is 1. The number of carbonyl (C=O) groups excluding carboxylic acids is 2. The van der Waals surface area contributed by atoms with E-state index >= 15 is 0 Å². The van der Waals surface area contributed by atoms with Crippen molar-refractivity contribution in [2.24, 2.45) is 11.8 Å². The first kappa shape index (κ1) is 31.9. The van der Waals surface area contributed by atoms with E-state index in [-0.39, 0.29) is 35.8 Å². The summed E-state index contributed by atoms with van der Waals surface area (Å²) in [6, 6.07) is 17.0. The molecule has 234 valence electrons. The van der Waals surface area contributed by atoms with Gasteiger partial charge in [0.05, 0.1) is 11.4 Å². The van der Waals surface area contributed by atoms with E-state index in [9.17, 15) is 18.0 Å². The van der Waals surface area contributed by atoms with E-state index in [4.69, 9.17) is 0 Å². The van der Waals surface area contributed by atoms with Crippen LogP contribution in [-0.4, -0.2) is 86.1 Å². The van der Waals surface area contributed by atoms with Crippen LogP contribution in [0.2, 0.25) is 0 Å². The minimum absolute atomic E-state index is 0. The fraction of sp³-hybridized carbons (Fsp3) is 0.576. The fourth-order valence-corrected chi connectivity index (χ4v) is 8.37. The van der Waals surface area contributed by atoms with Gasteiger partial charge < -0.3 is 15.1 Å². The Hall–Kier alpha value is -2.46. The number of sulfone groups is 1. The van der Waals surface area contributed by atoms with Crippen molar-refractivity contribution in [1.29, 1.82) is 0 Å². The third-order valence-electron chi connectivity index (χ3n) is 10.1. The maximum absolute atomic E-state index is 13.6. The normalized spacial score (nSPS) is 25.2. The van der Waals surface area contributed by atoms with Crippen molar-refractivity contribution in [2.45, 2.75) is 67.8 Å². The number of amides is 3. The molecule has 10 heteroatoms. The smallest absolute Gasteiger partial charge is 0.323 e. The van der Waals surface area contributed by atoms with E-state index in [1.165, 1.54) is 61.2 Å². The Morgan fingerprint density at radius 3 is 2.19 bits per heavy atom. The lowest BCUT2D eigenvalue weighted by molar-refractivity contribution is -0.133. The molecule has 0 aromatic heterocycles. The third-order valence-corrected chi connectivity index (χ3v) is 11.3. The van der Waals surface area contributed by atoms with Gasteiger partial charge in [-0.2, -0.15) is 0 Å². The molecule has 3 amide bonds. The van der Waals surface area contributed by atoms with Crippen molar-refractivity contribution in [1.82, 2.24) is 20.0 Å². The number of benzene rings is 2. The topological polar surface area (TPSA) is 90.0 Å². The van der Waals surface area contributed by atoms with Crippen molar-refractivity contribution in [3.8, 4) is 0 Å². The molecule has 4 fully saturated rings. The Morgan fingerprint density at radius 1 is 0.860 bits per heavy atom. The zero-order valence-corrected chi connectivity index (χ0v) is 26.8. The molecule has 0 unspecified atom stereocenters. The van der Waals surface area contributed by atoms with Gasteiger partial charge in [0.15, 0.2) is 9.84 Å². The van der Waals surface area contributed by atoms with Gasteiger partial charge in [0, 0.05) is 51.4 Å². The summed E-state index contributed by atoms with van der Waals surface area (Å²) in [5.41, 5.74) is 1.31. The highest BCUT2D eigenvalue weighted by Gasteiger charge is 2.52. The van der Waals surface area contributed by atoms with Crippen LogP contribution in [-0.2, 0) is 21.2 Å². The molecule has 3 aliphatic heterocycles. The molecule has 0 radical (unpaired) electrons. The number of likely N-dealkylation sites (tertiary alicyclic amines) is 2. The van der Waals surface area contributed by atoms with Crippen molar-refractivity contribution in [3.63, 3.8) is 0 Å². The molecule has 3 saturated heterocycles. The van der Waals surface area contributed by atoms with Gasteiger partial charge in [-0.05, 0) is 60.8 Å². The molecule has 2 aromatic carbocycles. The molecule has 1 aliphatic carbocycles. The zero-order valence-electron chi connectivity index (χ0n) is 25.1. The van der Waals surface area contributed by atoms with Gasteiger partial charge in [-0.1, -0.05) is 61.7 Å². The highest BCUT2D eigenvalue weighted by atomic mass is 35.5. The number of piperidine rings is 1. The van der Waals surface area contributed by atoms with Crippen LogP contribution in [0.1, 0.15) is 62.0 Å². The van der Waals surface area contributed by atoms with E-state index in [0.717, 1.165) is 50.5 Å². The minimum Gasteiger partial charge on any atom is -0.323 e. The summed E-state index contributed by atoms with van der Waals surface area (Å²) in [6.45, 7) is 6.17. The quantitative estimate of drug-likeness (QED) is 0.427. The monoisotopic (exact) mass is 628 g/mol. The van der Waals surface area contributed by atoms with Gasteiger partial charge in [0.2, 0.25) is 0 Å². The summed E-state index contributed by atoms with van der Waals surface area (Å²) in [5.74, 6) is 1.73. The van der Waals surface area contributed by atoms with Crippen LogP contribution in [0.25, 0.3) is 0 Å². The third kappa shape index (κ3) is 7.11. The average molecular weight is 629 g/mol. The molecule has 0 bridgehead atoms. The molecule has 2 aromatic rings. The van der Waals surface area contributed by atoms with Crippen LogP contribution in [0, 0.1) is 11.8 Å².